The average molecular weight is 402 g/mol. The highest BCUT2D eigenvalue weighted by molar-refractivity contribution is 5.99. The lowest BCUT2D eigenvalue weighted by atomic mass is 10.1. The first-order chi connectivity index (χ1) is 14.5. The molecule has 2 heterocycles. The van der Waals surface area contributed by atoms with E-state index >= 15 is 0 Å². The van der Waals surface area contributed by atoms with Crippen molar-refractivity contribution in [3.8, 4) is 0 Å². The minimum atomic E-state index is -0.488. The predicted octanol–water partition coefficient (Wildman–Crippen LogP) is 3.08. The molecule has 2 aromatic carbocycles. The Kier molecular flexibility index (Phi) is 5.65. The molecule has 6 nitrogen and oxygen atoms in total. The van der Waals surface area contributed by atoms with E-state index in [4.69, 9.17) is 0 Å². The second-order valence-corrected chi connectivity index (χ2v) is 7.75. The van der Waals surface area contributed by atoms with Gasteiger partial charge in [0.05, 0.1) is 17.8 Å². The number of carbonyl (C=O) groups excluding carboxylic acids is 2. The van der Waals surface area contributed by atoms with Gasteiger partial charge in [-0.15, -0.1) is 0 Å². The molecule has 0 unspecified atom stereocenters. The molecule has 1 aliphatic heterocycles. The molecule has 0 aliphatic carbocycles. The van der Waals surface area contributed by atoms with E-state index in [2.05, 4.69) is 10.4 Å². The first-order valence-corrected chi connectivity index (χ1v) is 10.2. The second kappa shape index (κ2) is 8.53. The molecule has 1 atom stereocenters. The number of carbonyl (C=O) groups is 2. The number of aryl methyl sites for hydroxylation is 1. The summed E-state index contributed by atoms with van der Waals surface area (Å²) < 4.78 is 1.84. The Morgan fingerprint density at radius 1 is 1.00 bits per heavy atom. The van der Waals surface area contributed by atoms with Crippen molar-refractivity contribution in [2.45, 2.75) is 39.4 Å². The van der Waals surface area contributed by atoms with Crippen molar-refractivity contribution in [2.24, 2.45) is 0 Å². The van der Waals surface area contributed by atoms with Gasteiger partial charge in [0.25, 0.3) is 5.91 Å². The van der Waals surface area contributed by atoms with Gasteiger partial charge in [-0.3, -0.25) is 14.3 Å². The Balaban J connectivity index is 1.43. The van der Waals surface area contributed by atoms with Crippen LogP contribution >= 0.6 is 0 Å². The molecule has 1 fully saturated rings. The lowest BCUT2D eigenvalue weighted by molar-refractivity contribution is -0.129. The van der Waals surface area contributed by atoms with Crippen molar-refractivity contribution in [1.29, 1.82) is 0 Å². The summed E-state index contributed by atoms with van der Waals surface area (Å²) in [6.45, 7) is 5.55. The minimum absolute atomic E-state index is 0.0285. The Morgan fingerprint density at radius 3 is 2.23 bits per heavy atom. The van der Waals surface area contributed by atoms with Crippen LogP contribution in [0.25, 0.3) is 0 Å². The molecule has 0 radical (unpaired) electrons. The summed E-state index contributed by atoms with van der Waals surface area (Å²) >= 11 is 0. The predicted molar refractivity (Wildman–Crippen MR) is 115 cm³/mol. The van der Waals surface area contributed by atoms with Gasteiger partial charge in [-0.05, 0) is 31.4 Å². The zero-order chi connectivity index (χ0) is 21.1. The Bertz CT molecular complexity index is 1040. The van der Waals surface area contributed by atoms with E-state index in [0.29, 0.717) is 37.3 Å². The smallest absolute Gasteiger partial charge is 0.255 e. The maximum absolute atomic E-state index is 13.0. The van der Waals surface area contributed by atoms with Gasteiger partial charge in [-0.1, -0.05) is 60.7 Å². The summed E-state index contributed by atoms with van der Waals surface area (Å²) in [5, 5.41) is 7.49. The Hall–Kier alpha value is -3.41. The van der Waals surface area contributed by atoms with Crippen LogP contribution in [0.1, 0.15) is 39.3 Å². The molecule has 2 amide bonds. The largest absolute Gasteiger partial charge is 0.340 e. The van der Waals surface area contributed by atoms with Crippen molar-refractivity contribution in [2.75, 3.05) is 6.54 Å². The number of rotatable bonds is 6. The summed E-state index contributed by atoms with van der Waals surface area (Å²) in [5.74, 6) is -0.261. The molecule has 0 saturated carbocycles. The molecule has 1 saturated heterocycles. The van der Waals surface area contributed by atoms with E-state index < -0.39 is 6.04 Å². The summed E-state index contributed by atoms with van der Waals surface area (Å²) in [4.78, 5) is 27.6. The van der Waals surface area contributed by atoms with E-state index in [-0.39, 0.29) is 11.8 Å². The van der Waals surface area contributed by atoms with Gasteiger partial charge in [-0.25, -0.2) is 0 Å². The summed E-state index contributed by atoms with van der Waals surface area (Å²) in [5.41, 5.74) is 4.25. The fourth-order valence-electron chi connectivity index (χ4n) is 4.00. The maximum atomic E-state index is 13.0. The van der Waals surface area contributed by atoms with Gasteiger partial charge in [0.1, 0.15) is 6.04 Å². The third-order valence-corrected chi connectivity index (χ3v) is 5.60. The van der Waals surface area contributed by atoms with Crippen LogP contribution in [0.3, 0.4) is 0 Å². The molecule has 3 aromatic rings. The lowest BCUT2D eigenvalue weighted by Crippen LogP contribution is -2.41. The van der Waals surface area contributed by atoms with Gasteiger partial charge in [-0.2, -0.15) is 5.10 Å². The van der Waals surface area contributed by atoms with Crippen molar-refractivity contribution in [3.63, 3.8) is 0 Å². The fraction of sp³-hybridized carbons (Fsp3) is 0.292. The maximum Gasteiger partial charge on any atom is 0.255 e. The summed E-state index contributed by atoms with van der Waals surface area (Å²) in [6.07, 6.45) is 0.619. The van der Waals surface area contributed by atoms with Crippen LogP contribution in [0.5, 0.6) is 0 Å². The molecule has 154 valence electrons. The minimum Gasteiger partial charge on any atom is -0.340 e. The number of nitrogens with zero attached hydrogens (tertiary/aromatic N) is 3. The van der Waals surface area contributed by atoms with Crippen LogP contribution in [-0.2, 0) is 17.9 Å². The van der Waals surface area contributed by atoms with Crippen molar-refractivity contribution in [1.82, 2.24) is 20.0 Å². The van der Waals surface area contributed by atoms with Gasteiger partial charge >= 0.3 is 0 Å². The van der Waals surface area contributed by atoms with Gasteiger partial charge in [0, 0.05) is 18.8 Å². The van der Waals surface area contributed by atoms with E-state index in [1.54, 1.807) is 4.90 Å². The van der Waals surface area contributed by atoms with Crippen LogP contribution in [0, 0.1) is 13.8 Å². The summed E-state index contributed by atoms with van der Waals surface area (Å²) in [6, 6.07) is 19.4. The van der Waals surface area contributed by atoms with Crippen LogP contribution in [0.2, 0.25) is 0 Å². The number of benzene rings is 2. The number of hydrogen-bond donors (Lipinski definition) is 1. The number of likely N-dealkylation sites (tertiary alicyclic amines) is 1. The highest BCUT2D eigenvalue weighted by Crippen LogP contribution is 2.18. The third-order valence-electron chi connectivity index (χ3n) is 5.60. The number of nitrogens with one attached hydrogen (secondary N) is 1. The molecular formula is C24H26N4O2. The number of aromatic nitrogens is 2. The van der Waals surface area contributed by atoms with Crippen LogP contribution in [0.15, 0.2) is 60.7 Å². The SMILES string of the molecule is Cc1nn(Cc2ccccc2)c(C)c1C(=O)N[C@@H]1CCN(Cc2ccccc2)C1=O. The van der Waals surface area contributed by atoms with Crippen molar-refractivity contribution >= 4 is 11.8 Å². The number of hydrogen-bond acceptors (Lipinski definition) is 3. The van der Waals surface area contributed by atoms with Crippen molar-refractivity contribution in [3.05, 3.63) is 88.7 Å². The Labute approximate surface area is 176 Å². The van der Waals surface area contributed by atoms with E-state index in [1.807, 2.05) is 79.2 Å². The normalized spacial score (nSPS) is 16.1. The molecule has 0 bridgehead atoms. The second-order valence-electron chi connectivity index (χ2n) is 7.75. The standard InChI is InChI=1S/C24H26N4O2/c1-17-22(18(2)28(26-17)16-20-11-7-4-8-12-20)23(29)25-21-13-14-27(24(21)30)15-19-9-5-3-6-10-19/h3-12,21H,13-16H2,1-2H3,(H,25,29)/t21-/m1/s1. The average Bonchev–Trinajstić information content (AvgIpc) is 3.22. The molecule has 6 heteroatoms. The van der Waals surface area contributed by atoms with E-state index in [1.165, 1.54) is 0 Å². The third kappa shape index (κ3) is 4.13. The highest BCUT2D eigenvalue weighted by atomic mass is 16.2. The lowest BCUT2D eigenvalue weighted by Gasteiger charge is -2.17. The van der Waals surface area contributed by atoms with E-state index in [0.717, 1.165) is 16.8 Å². The number of amides is 2. The molecule has 4 rings (SSSR count). The topological polar surface area (TPSA) is 67.2 Å². The highest BCUT2D eigenvalue weighted by Gasteiger charge is 2.33. The molecular weight excluding hydrogens is 376 g/mol. The molecule has 1 N–H and O–H groups in total. The zero-order valence-electron chi connectivity index (χ0n) is 17.3. The van der Waals surface area contributed by atoms with Crippen LogP contribution in [0.4, 0.5) is 0 Å². The monoisotopic (exact) mass is 402 g/mol. The molecule has 1 aliphatic rings. The van der Waals surface area contributed by atoms with Crippen molar-refractivity contribution < 1.29 is 9.59 Å². The zero-order valence-corrected chi connectivity index (χ0v) is 17.3. The van der Waals surface area contributed by atoms with Gasteiger partial charge in [0.2, 0.25) is 5.91 Å². The Morgan fingerprint density at radius 2 is 1.60 bits per heavy atom. The van der Waals surface area contributed by atoms with Gasteiger partial charge < -0.3 is 10.2 Å². The van der Waals surface area contributed by atoms with Crippen LogP contribution < -0.4 is 5.32 Å². The quantitative estimate of drug-likeness (QED) is 0.689. The fourth-order valence-corrected chi connectivity index (χ4v) is 4.00. The molecule has 1 aromatic heterocycles. The summed E-state index contributed by atoms with van der Waals surface area (Å²) in [7, 11) is 0. The first-order valence-electron chi connectivity index (χ1n) is 10.2. The van der Waals surface area contributed by atoms with Crippen LogP contribution in [-0.4, -0.2) is 39.1 Å². The molecule has 0 spiro atoms. The molecule has 30 heavy (non-hydrogen) atoms. The van der Waals surface area contributed by atoms with Gasteiger partial charge in [0.15, 0.2) is 0 Å². The first kappa shape index (κ1) is 19.9. The van der Waals surface area contributed by atoms with E-state index in [9.17, 15) is 9.59 Å².